The molecule has 0 N–H and O–H groups in total. The molecule has 42 heavy (non-hydrogen) atoms. The van der Waals surface area contributed by atoms with Crippen molar-refractivity contribution in [3.63, 3.8) is 0 Å². The minimum Gasteiger partial charge on any atom is -0.444 e. The fourth-order valence-corrected chi connectivity index (χ4v) is 7.56. The number of hydrogen-bond donors (Lipinski definition) is 0. The predicted octanol–water partition coefficient (Wildman–Crippen LogP) is 6.07. The summed E-state index contributed by atoms with van der Waals surface area (Å²) in [7, 11) is 0. The van der Waals surface area contributed by atoms with Crippen LogP contribution in [0.5, 0.6) is 0 Å². The fraction of sp³-hybridized carbons (Fsp3) is 0.516. The van der Waals surface area contributed by atoms with Gasteiger partial charge in [0.15, 0.2) is 0 Å². The molecular formula is C31H36FN7O2S. The van der Waals surface area contributed by atoms with Gasteiger partial charge in [0.05, 0.1) is 24.1 Å². The van der Waals surface area contributed by atoms with Gasteiger partial charge in [-0.1, -0.05) is 17.4 Å². The predicted molar refractivity (Wildman–Crippen MR) is 159 cm³/mol. The molecule has 9 nitrogen and oxygen atoms in total. The molecule has 220 valence electrons. The lowest BCUT2D eigenvalue weighted by Crippen LogP contribution is -2.68. The second-order valence-electron chi connectivity index (χ2n) is 13.4. The summed E-state index contributed by atoms with van der Waals surface area (Å²) in [6, 6.07) is 6.11. The molecule has 1 aliphatic heterocycles. The van der Waals surface area contributed by atoms with E-state index < -0.39 is 11.3 Å². The molecule has 3 saturated carbocycles. The normalized spacial score (nSPS) is 23.1. The molecule has 8 rings (SSSR count). The van der Waals surface area contributed by atoms with E-state index in [4.69, 9.17) is 9.72 Å². The number of aromatic nitrogens is 5. The van der Waals surface area contributed by atoms with Gasteiger partial charge in [0.1, 0.15) is 26.9 Å². The lowest BCUT2D eigenvalue weighted by Gasteiger charge is -2.66. The maximum absolute atomic E-state index is 14.2. The van der Waals surface area contributed by atoms with Crippen LogP contribution in [0, 0.1) is 5.41 Å². The number of fused-ring (bicyclic) bond motifs is 1. The summed E-state index contributed by atoms with van der Waals surface area (Å²) >= 11 is 1.56. The van der Waals surface area contributed by atoms with Crippen LogP contribution in [0.2, 0.25) is 0 Å². The lowest BCUT2D eigenvalue weighted by atomic mass is 9.42. The fourth-order valence-electron chi connectivity index (χ4n) is 6.72. The van der Waals surface area contributed by atoms with E-state index in [0.29, 0.717) is 38.8 Å². The number of rotatable bonds is 8. The Morgan fingerprint density at radius 1 is 1.12 bits per heavy atom. The second kappa shape index (κ2) is 10.00. The number of hydrogen-bond acceptors (Lipinski definition) is 8. The zero-order valence-electron chi connectivity index (χ0n) is 24.3. The molecule has 11 heteroatoms. The van der Waals surface area contributed by atoms with Crippen molar-refractivity contribution in [3.05, 3.63) is 59.3 Å². The van der Waals surface area contributed by atoms with Gasteiger partial charge in [0, 0.05) is 50.2 Å². The summed E-state index contributed by atoms with van der Waals surface area (Å²) in [4.78, 5) is 26.5. The molecule has 1 amide bonds. The summed E-state index contributed by atoms with van der Waals surface area (Å²) in [5, 5.41) is 10.6. The third kappa shape index (κ3) is 5.46. The molecular weight excluding hydrogens is 553 g/mol. The maximum atomic E-state index is 14.2. The third-order valence-electron chi connectivity index (χ3n) is 8.43. The van der Waals surface area contributed by atoms with Gasteiger partial charge < -0.3 is 18.9 Å². The van der Waals surface area contributed by atoms with Crippen LogP contribution in [0.3, 0.4) is 0 Å². The van der Waals surface area contributed by atoms with Gasteiger partial charge in [-0.05, 0) is 76.0 Å². The van der Waals surface area contributed by atoms with E-state index in [2.05, 4.69) is 26.1 Å². The number of nitrogens with zero attached hydrogens (tertiary/aromatic N) is 7. The van der Waals surface area contributed by atoms with Crippen molar-refractivity contribution in [2.24, 2.45) is 5.41 Å². The van der Waals surface area contributed by atoms with Gasteiger partial charge in [0.2, 0.25) is 0 Å². The Labute approximate surface area is 248 Å². The standard InChI is InChI=1S/C31H36FN7O2S/c1-29(2,3)41-28(40)39(20-30-17-31(32,18-30)19-30)15-21-6-7-25-34-23(16-38(25)14-21)11-26-35-36-27(42-26)22-10-24(13-33-12-22)37-8-4-5-9-37/h6-7,10,12-14,16H,4-5,8-9,11,15,17-20H2,1-3H3. The molecule has 0 radical (unpaired) electrons. The van der Waals surface area contributed by atoms with Gasteiger partial charge >= 0.3 is 6.09 Å². The first-order chi connectivity index (χ1) is 20.0. The van der Waals surface area contributed by atoms with Crippen LogP contribution in [0.4, 0.5) is 14.9 Å². The number of pyridine rings is 2. The van der Waals surface area contributed by atoms with E-state index in [1.807, 2.05) is 62.1 Å². The van der Waals surface area contributed by atoms with Gasteiger partial charge in [-0.25, -0.2) is 14.2 Å². The number of carbonyl (C=O) groups is 1. The smallest absolute Gasteiger partial charge is 0.410 e. The SMILES string of the molecule is CC(C)(C)OC(=O)N(Cc1ccc2nc(Cc3nnc(-c4cncc(N5CCCC5)c4)s3)cn2c1)CC12CC(F)(C1)C2. The van der Waals surface area contributed by atoms with Gasteiger partial charge in [0.25, 0.3) is 0 Å². The summed E-state index contributed by atoms with van der Waals surface area (Å²) in [6.45, 7) is 8.64. The number of anilines is 1. The number of alkyl halides is 1. The lowest BCUT2D eigenvalue weighted by molar-refractivity contribution is -0.220. The van der Waals surface area contributed by atoms with Crippen molar-refractivity contribution in [1.29, 1.82) is 0 Å². The highest BCUT2D eigenvalue weighted by Crippen LogP contribution is 2.69. The summed E-state index contributed by atoms with van der Waals surface area (Å²) < 4.78 is 21.9. The van der Waals surface area contributed by atoms with E-state index in [1.54, 1.807) is 16.2 Å². The first-order valence-corrected chi connectivity index (χ1v) is 15.5. The molecule has 0 unspecified atom stereocenters. The molecule has 5 heterocycles. The average Bonchev–Trinajstić information content (AvgIpc) is 3.67. The summed E-state index contributed by atoms with van der Waals surface area (Å²) in [6.07, 6.45) is 12.0. The molecule has 0 atom stereocenters. The Morgan fingerprint density at radius 3 is 2.64 bits per heavy atom. The van der Waals surface area contributed by atoms with Crippen molar-refractivity contribution in [2.75, 3.05) is 24.5 Å². The molecule has 1 saturated heterocycles. The van der Waals surface area contributed by atoms with Crippen LogP contribution >= 0.6 is 11.3 Å². The van der Waals surface area contributed by atoms with E-state index in [9.17, 15) is 9.18 Å². The molecule has 4 fully saturated rings. The highest BCUT2D eigenvalue weighted by molar-refractivity contribution is 7.14. The quantitative estimate of drug-likeness (QED) is 0.247. The Kier molecular flexibility index (Phi) is 6.49. The van der Waals surface area contributed by atoms with E-state index in [0.717, 1.165) is 51.3 Å². The number of carbonyl (C=O) groups excluding carboxylic acids is 1. The Balaban J connectivity index is 1.05. The van der Waals surface area contributed by atoms with Crippen LogP contribution in [-0.2, 0) is 17.7 Å². The van der Waals surface area contributed by atoms with Crippen LogP contribution in [-0.4, -0.2) is 66.5 Å². The van der Waals surface area contributed by atoms with Gasteiger partial charge in [-0.3, -0.25) is 4.98 Å². The highest BCUT2D eigenvalue weighted by atomic mass is 32.1. The Morgan fingerprint density at radius 2 is 1.90 bits per heavy atom. The average molecular weight is 590 g/mol. The molecule has 0 aromatic carbocycles. The van der Waals surface area contributed by atoms with Crippen molar-refractivity contribution in [3.8, 4) is 10.6 Å². The van der Waals surface area contributed by atoms with Crippen LogP contribution in [0.25, 0.3) is 16.2 Å². The van der Waals surface area contributed by atoms with Crippen LogP contribution in [0.1, 0.15) is 69.1 Å². The summed E-state index contributed by atoms with van der Waals surface area (Å²) in [5.74, 6) is 0. The molecule has 4 aromatic heterocycles. The minimum atomic E-state index is -1.01. The molecule has 3 aliphatic carbocycles. The maximum Gasteiger partial charge on any atom is 0.410 e. The minimum absolute atomic E-state index is 0.107. The molecule has 2 bridgehead atoms. The highest BCUT2D eigenvalue weighted by Gasteiger charge is 2.69. The summed E-state index contributed by atoms with van der Waals surface area (Å²) in [5.41, 5.74) is 3.09. The molecule has 4 aromatic rings. The zero-order chi connectivity index (χ0) is 29.1. The van der Waals surface area contributed by atoms with E-state index >= 15 is 0 Å². The Bertz CT molecular complexity index is 1620. The van der Waals surface area contributed by atoms with Gasteiger partial charge in [-0.2, -0.15) is 0 Å². The number of ether oxygens (including phenoxy) is 1. The van der Waals surface area contributed by atoms with Crippen molar-refractivity contribution in [2.45, 2.75) is 77.1 Å². The van der Waals surface area contributed by atoms with Crippen LogP contribution < -0.4 is 4.90 Å². The first kappa shape index (κ1) is 27.2. The number of amides is 1. The van der Waals surface area contributed by atoms with Gasteiger partial charge in [-0.15, -0.1) is 10.2 Å². The molecule has 4 aliphatic rings. The van der Waals surface area contributed by atoms with E-state index in [1.165, 1.54) is 12.8 Å². The first-order valence-electron chi connectivity index (χ1n) is 14.7. The monoisotopic (exact) mass is 589 g/mol. The molecule has 0 spiro atoms. The van der Waals surface area contributed by atoms with Crippen LogP contribution in [0.15, 0.2) is 43.0 Å². The second-order valence-corrected chi connectivity index (χ2v) is 14.4. The van der Waals surface area contributed by atoms with Crippen molar-refractivity contribution >= 4 is 28.8 Å². The topological polar surface area (TPSA) is 88.8 Å². The van der Waals surface area contributed by atoms with E-state index in [-0.39, 0.29) is 11.5 Å². The van der Waals surface area contributed by atoms with Crippen molar-refractivity contribution in [1.82, 2.24) is 29.5 Å². The number of halogens is 1. The zero-order valence-corrected chi connectivity index (χ0v) is 25.2. The Hall–Kier alpha value is -3.60. The number of imidazole rings is 1. The third-order valence-corrected chi connectivity index (χ3v) is 9.40. The largest absolute Gasteiger partial charge is 0.444 e. The van der Waals surface area contributed by atoms with Crippen molar-refractivity contribution < 1.29 is 13.9 Å².